The van der Waals surface area contributed by atoms with Crippen LogP contribution in [0.25, 0.3) is 0 Å². The van der Waals surface area contributed by atoms with Crippen molar-refractivity contribution < 1.29 is 9.84 Å². The normalized spacial score (nSPS) is 15.3. The van der Waals surface area contributed by atoms with Gasteiger partial charge >= 0.3 is 0 Å². The molecule has 2 heterocycles. The summed E-state index contributed by atoms with van der Waals surface area (Å²) in [5.41, 5.74) is 2.18. The Morgan fingerprint density at radius 2 is 2.35 bits per heavy atom. The highest BCUT2D eigenvalue weighted by Gasteiger charge is 2.25. The number of hydrogen-bond donors (Lipinski definition) is 1. The predicted molar refractivity (Wildman–Crippen MR) is 79.5 cm³/mol. The lowest BCUT2D eigenvalue weighted by Crippen LogP contribution is -2.10. The van der Waals surface area contributed by atoms with Gasteiger partial charge in [0.1, 0.15) is 11.8 Å². The molecule has 2 aromatic heterocycles. The van der Waals surface area contributed by atoms with E-state index in [-0.39, 0.29) is 0 Å². The zero-order chi connectivity index (χ0) is 14.1. The van der Waals surface area contributed by atoms with Gasteiger partial charge in [0.05, 0.1) is 13.3 Å². The Labute approximate surface area is 123 Å². The van der Waals surface area contributed by atoms with Gasteiger partial charge in [0.25, 0.3) is 0 Å². The molecule has 1 aliphatic rings. The lowest BCUT2D eigenvalue weighted by molar-refractivity contribution is 0.205. The first-order valence-corrected chi connectivity index (χ1v) is 7.95. The average Bonchev–Trinajstić information content (AvgIpc) is 3.11. The fourth-order valence-electron chi connectivity index (χ4n) is 2.82. The molecule has 0 spiro atoms. The molecular formula is C15H20N2O2S. The number of aliphatic hydroxyl groups excluding tert-OH is 1. The van der Waals surface area contributed by atoms with Gasteiger partial charge in [-0.05, 0) is 37.3 Å². The smallest absolute Gasteiger partial charge is 0.163 e. The maximum Gasteiger partial charge on any atom is 0.163 e. The minimum Gasteiger partial charge on any atom is -0.493 e. The minimum atomic E-state index is -0.644. The van der Waals surface area contributed by atoms with Crippen LogP contribution >= 0.6 is 11.3 Å². The van der Waals surface area contributed by atoms with E-state index in [4.69, 9.17) is 4.74 Å². The summed E-state index contributed by atoms with van der Waals surface area (Å²) < 4.78 is 7.21. The number of hydrogen-bond acceptors (Lipinski definition) is 4. The molecule has 1 aliphatic carbocycles. The van der Waals surface area contributed by atoms with E-state index >= 15 is 0 Å². The third kappa shape index (κ3) is 2.25. The van der Waals surface area contributed by atoms with Crippen molar-refractivity contribution in [3.63, 3.8) is 0 Å². The highest BCUT2D eigenvalue weighted by Crippen LogP contribution is 2.38. The third-order valence-electron chi connectivity index (χ3n) is 3.79. The largest absolute Gasteiger partial charge is 0.493 e. The number of aryl methyl sites for hydroxylation is 3. The molecule has 2 aromatic rings. The number of nitrogens with zero attached hydrogens (tertiary/aromatic N) is 2. The van der Waals surface area contributed by atoms with Gasteiger partial charge in [-0.1, -0.05) is 6.92 Å². The second-order valence-electron chi connectivity index (χ2n) is 5.17. The van der Waals surface area contributed by atoms with Crippen LogP contribution in [0.5, 0.6) is 5.75 Å². The van der Waals surface area contributed by atoms with Gasteiger partial charge in [-0.15, -0.1) is 11.3 Å². The molecule has 0 fully saturated rings. The van der Waals surface area contributed by atoms with Crippen LogP contribution in [-0.2, 0) is 19.4 Å². The monoisotopic (exact) mass is 292 g/mol. The van der Waals surface area contributed by atoms with E-state index in [1.54, 1.807) is 24.6 Å². The van der Waals surface area contributed by atoms with Crippen molar-refractivity contribution >= 4 is 11.3 Å². The Kier molecular flexibility index (Phi) is 3.81. The molecule has 0 radical (unpaired) electrons. The molecule has 0 bridgehead atoms. The maximum atomic E-state index is 10.7. The summed E-state index contributed by atoms with van der Waals surface area (Å²) in [5.74, 6) is 0.666. The van der Waals surface area contributed by atoms with Gasteiger partial charge in [0.2, 0.25) is 0 Å². The van der Waals surface area contributed by atoms with Crippen molar-refractivity contribution in [1.29, 1.82) is 0 Å². The summed E-state index contributed by atoms with van der Waals surface area (Å²) in [6, 6.07) is 2.15. The van der Waals surface area contributed by atoms with Crippen molar-refractivity contribution in [1.82, 2.24) is 9.78 Å². The molecule has 1 unspecified atom stereocenters. The molecule has 0 saturated carbocycles. The topological polar surface area (TPSA) is 47.3 Å². The second kappa shape index (κ2) is 5.58. The van der Waals surface area contributed by atoms with E-state index in [1.807, 2.05) is 4.68 Å². The van der Waals surface area contributed by atoms with Gasteiger partial charge in [-0.25, -0.2) is 0 Å². The van der Waals surface area contributed by atoms with E-state index in [0.717, 1.165) is 36.4 Å². The van der Waals surface area contributed by atoms with Crippen LogP contribution in [0.3, 0.4) is 0 Å². The third-order valence-corrected chi connectivity index (χ3v) is 5.08. The van der Waals surface area contributed by atoms with Crippen molar-refractivity contribution in [2.45, 2.75) is 45.3 Å². The Hall–Kier alpha value is -1.33. The van der Waals surface area contributed by atoms with Crippen molar-refractivity contribution in [2.75, 3.05) is 7.11 Å². The second-order valence-corrected chi connectivity index (χ2v) is 6.34. The quantitative estimate of drug-likeness (QED) is 0.921. The van der Waals surface area contributed by atoms with Gasteiger partial charge in [-0.2, -0.15) is 5.10 Å². The van der Waals surface area contributed by atoms with E-state index in [1.165, 1.54) is 16.9 Å². The first-order valence-electron chi connectivity index (χ1n) is 7.13. The van der Waals surface area contributed by atoms with Gasteiger partial charge < -0.3 is 9.84 Å². The van der Waals surface area contributed by atoms with Crippen LogP contribution in [0.15, 0.2) is 12.3 Å². The van der Waals surface area contributed by atoms with E-state index in [9.17, 15) is 5.11 Å². The Morgan fingerprint density at radius 3 is 3.05 bits per heavy atom. The SMILES string of the molecule is CCCn1ncc(OC)c1C(O)c1cc2c(s1)CCC2. The maximum absolute atomic E-state index is 10.7. The summed E-state index contributed by atoms with van der Waals surface area (Å²) in [6.07, 6.45) is 5.56. The molecule has 108 valence electrons. The molecule has 20 heavy (non-hydrogen) atoms. The van der Waals surface area contributed by atoms with Crippen LogP contribution in [0.4, 0.5) is 0 Å². The molecule has 1 N–H and O–H groups in total. The van der Waals surface area contributed by atoms with Crippen molar-refractivity contribution in [3.05, 3.63) is 33.3 Å². The molecule has 0 amide bonds. The highest BCUT2D eigenvalue weighted by atomic mass is 32.1. The molecule has 0 aromatic carbocycles. The Balaban J connectivity index is 1.95. The summed E-state index contributed by atoms with van der Waals surface area (Å²) in [5, 5.41) is 15.1. The van der Waals surface area contributed by atoms with Crippen LogP contribution in [0, 0.1) is 0 Å². The molecular weight excluding hydrogens is 272 g/mol. The zero-order valence-corrected chi connectivity index (χ0v) is 12.7. The number of aliphatic hydroxyl groups is 1. The average molecular weight is 292 g/mol. The van der Waals surface area contributed by atoms with Crippen LogP contribution in [0.1, 0.15) is 46.9 Å². The van der Waals surface area contributed by atoms with Crippen LogP contribution in [0.2, 0.25) is 0 Å². The van der Waals surface area contributed by atoms with Crippen LogP contribution in [-0.4, -0.2) is 22.0 Å². The Morgan fingerprint density at radius 1 is 1.50 bits per heavy atom. The number of aromatic nitrogens is 2. The number of rotatable bonds is 5. The zero-order valence-electron chi connectivity index (χ0n) is 11.9. The fourth-order valence-corrected chi connectivity index (χ4v) is 4.07. The molecule has 0 saturated heterocycles. The summed E-state index contributed by atoms with van der Waals surface area (Å²) in [6.45, 7) is 2.89. The standard InChI is InChI=1S/C15H20N2O2S/c1-3-7-17-14(11(19-2)9-16-17)15(18)13-8-10-5-4-6-12(10)20-13/h8-9,15,18H,3-7H2,1-2H3. The minimum absolute atomic E-state index is 0.644. The summed E-state index contributed by atoms with van der Waals surface area (Å²) in [4.78, 5) is 2.44. The molecule has 4 nitrogen and oxygen atoms in total. The lowest BCUT2D eigenvalue weighted by atomic mass is 10.1. The molecule has 0 aliphatic heterocycles. The number of fused-ring (bicyclic) bond motifs is 1. The molecule has 3 rings (SSSR count). The Bertz CT molecular complexity index is 582. The first kappa shape index (κ1) is 13.6. The van der Waals surface area contributed by atoms with Crippen molar-refractivity contribution in [3.8, 4) is 5.75 Å². The van der Waals surface area contributed by atoms with E-state index in [2.05, 4.69) is 18.1 Å². The highest BCUT2D eigenvalue weighted by molar-refractivity contribution is 7.12. The predicted octanol–water partition coefficient (Wildman–Crippen LogP) is 2.93. The van der Waals surface area contributed by atoms with E-state index in [0.29, 0.717) is 5.75 Å². The van der Waals surface area contributed by atoms with Gasteiger partial charge in [0.15, 0.2) is 5.75 Å². The number of ether oxygens (including phenoxy) is 1. The number of thiophene rings is 1. The first-order chi connectivity index (χ1) is 9.74. The van der Waals surface area contributed by atoms with Crippen LogP contribution < -0.4 is 4.74 Å². The molecule has 5 heteroatoms. The summed E-state index contributed by atoms with van der Waals surface area (Å²) in [7, 11) is 1.62. The lowest BCUT2D eigenvalue weighted by Gasteiger charge is -2.13. The van der Waals surface area contributed by atoms with Crippen molar-refractivity contribution in [2.24, 2.45) is 0 Å². The van der Waals surface area contributed by atoms with Gasteiger partial charge in [-0.3, -0.25) is 4.68 Å². The fraction of sp³-hybridized carbons (Fsp3) is 0.533. The van der Waals surface area contributed by atoms with E-state index < -0.39 is 6.10 Å². The summed E-state index contributed by atoms with van der Waals surface area (Å²) >= 11 is 1.73. The molecule has 1 atom stereocenters. The van der Waals surface area contributed by atoms with Gasteiger partial charge in [0, 0.05) is 16.3 Å². The number of methoxy groups -OCH3 is 1.